The number of allylic oxidation sites excluding steroid dienone is 1. The van der Waals surface area contributed by atoms with E-state index in [0.29, 0.717) is 23.7 Å². The van der Waals surface area contributed by atoms with Gasteiger partial charge in [0.15, 0.2) is 17.3 Å². The van der Waals surface area contributed by atoms with Crippen molar-refractivity contribution in [2.45, 2.75) is 0 Å². The molecule has 116 valence electrons. The van der Waals surface area contributed by atoms with Crippen LogP contribution in [0.1, 0.15) is 15.9 Å². The van der Waals surface area contributed by atoms with Crippen molar-refractivity contribution in [1.29, 1.82) is 0 Å². The fourth-order valence-electron chi connectivity index (χ4n) is 2.15. The number of carbonyl (C=O) groups excluding carboxylic acids is 1. The lowest BCUT2D eigenvalue weighted by molar-refractivity contribution is 0.104. The first-order valence-corrected chi connectivity index (χ1v) is 7.22. The summed E-state index contributed by atoms with van der Waals surface area (Å²) in [5.41, 5.74) is 1.49. The largest absolute Gasteiger partial charge is 0.490 e. The smallest absolute Gasteiger partial charge is 0.231 e. The van der Waals surface area contributed by atoms with Crippen LogP contribution in [0.2, 0.25) is 0 Å². The molecular formula is C19H16O4. The number of benzene rings is 2. The van der Waals surface area contributed by atoms with Crippen molar-refractivity contribution in [2.24, 2.45) is 0 Å². The van der Waals surface area contributed by atoms with Gasteiger partial charge >= 0.3 is 0 Å². The van der Waals surface area contributed by atoms with Crippen molar-refractivity contribution < 1.29 is 19.0 Å². The van der Waals surface area contributed by atoms with Gasteiger partial charge in [0.25, 0.3) is 0 Å². The minimum atomic E-state index is -0.0877. The summed E-state index contributed by atoms with van der Waals surface area (Å²) < 4.78 is 15.9. The predicted octanol–water partition coefficient (Wildman–Crippen LogP) is 3.88. The third-order valence-electron chi connectivity index (χ3n) is 3.33. The van der Waals surface area contributed by atoms with Crippen LogP contribution < -0.4 is 14.2 Å². The molecule has 0 aromatic heterocycles. The van der Waals surface area contributed by atoms with E-state index in [-0.39, 0.29) is 12.6 Å². The highest BCUT2D eigenvalue weighted by atomic mass is 16.7. The highest BCUT2D eigenvalue weighted by Gasteiger charge is 2.14. The van der Waals surface area contributed by atoms with Crippen LogP contribution in [0.15, 0.2) is 61.2 Å². The molecule has 0 unspecified atom stereocenters. The quantitative estimate of drug-likeness (QED) is 0.461. The number of ketones is 1. The van der Waals surface area contributed by atoms with Gasteiger partial charge in [0.1, 0.15) is 12.4 Å². The molecule has 2 aromatic rings. The molecule has 4 heteroatoms. The summed E-state index contributed by atoms with van der Waals surface area (Å²) in [5.74, 6) is 1.95. The number of hydrogen-bond acceptors (Lipinski definition) is 4. The zero-order valence-corrected chi connectivity index (χ0v) is 12.5. The third-order valence-corrected chi connectivity index (χ3v) is 3.33. The molecule has 0 saturated heterocycles. The Bertz CT molecular complexity index is 744. The summed E-state index contributed by atoms with van der Waals surface area (Å²) >= 11 is 0. The topological polar surface area (TPSA) is 44.8 Å². The molecule has 0 aliphatic carbocycles. The van der Waals surface area contributed by atoms with Crippen molar-refractivity contribution in [2.75, 3.05) is 13.4 Å². The lowest BCUT2D eigenvalue weighted by Crippen LogP contribution is -1.94. The van der Waals surface area contributed by atoms with Gasteiger partial charge in [-0.05, 0) is 42.0 Å². The van der Waals surface area contributed by atoms with Crippen molar-refractivity contribution in [3.05, 3.63) is 72.3 Å². The van der Waals surface area contributed by atoms with E-state index < -0.39 is 0 Å². The van der Waals surface area contributed by atoms with Crippen LogP contribution in [0.5, 0.6) is 17.2 Å². The second kappa shape index (κ2) is 6.83. The molecule has 0 spiro atoms. The standard InChI is InChI=1S/C19H16O4/c1-2-11-21-16-7-3-14(4-8-16)5-9-17(20)15-6-10-18-19(12-15)23-13-22-18/h2-10,12H,1,11,13H2/b9-5+. The summed E-state index contributed by atoms with van der Waals surface area (Å²) in [6.07, 6.45) is 5.00. The molecule has 0 saturated carbocycles. The molecule has 1 heterocycles. The van der Waals surface area contributed by atoms with Gasteiger partial charge < -0.3 is 14.2 Å². The fraction of sp³-hybridized carbons (Fsp3) is 0.105. The molecule has 1 aliphatic rings. The Balaban J connectivity index is 1.67. The molecular weight excluding hydrogens is 292 g/mol. The van der Waals surface area contributed by atoms with Gasteiger partial charge in [-0.25, -0.2) is 0 Å². The first-order valence-electron chi connectivity index (χ1n) is 7.22. The molecule has 2 aromatic carbocycles. The molecule has 4 nitrogen and oxygen atoms in total. The number of fused-ring (bicyclic) bond motifs is 1. The van der Waals surface area contributed by atoms with Gasteiger partial charge in [-0.2, -0.15) is 0 Å². The second-order valence-corrected chi connectivity index (χ2v) is 4.93. The van der Waals surface area contributed by atoms with Crippen LogP contribution in [0, 0.1) is 0 Å². The highest BCUT2D eigenvalue weighted by molar-refractivity contribution is 6.07. The lowest BCUT2D eigenvalue weighted by atomic mass is 10.1. The van der Waals surface area contributed by atoms with E-state index in [0.717, 1.165) is 11.3 Å². The van der Waals surface area contributed by atoms with E-state index in [2.05, 4.69) is 6.58 Å². The van der Waals surface area contributed by atoms with E-state index in [4.69, 9.17) is 14.2 Å². The summed E-state index contributed by atoms with van der Waals surface area (Å²) in [7, 11) is 0. The minimum Gasteiger partial charge on any atom is -0.490 e. The number of carbonyl (C=O) groups is 1. The average Bonchev–Trinajstić information content (AvgIpc) is 3.06. The molecule has 3 rings (SSSR count). The van der Waals surface area contributed by atoms with Gasteiger partial charge in [-0.1, -0.05) is 30.9 Å². The molecule has 1 aliphatic heterocycles. The SMILES string of the molecule is C=CCOc1ccc(/C=C/C(=O)c2ccc3c(c2)OCO3)cc1. The number of rotatable bonds is 6. The maximum Gasteiger partial charge on any atom is 0.231 e. The van der Waals surface area contributed by atoms with Crippen molar-refractivity contribution in [3.8, 4) is 17.2 Å². The van der Waals surface area contributed by atoms with Crippen LogP contribution in [-0.4, -0.2) is 19.2 Å². The van der Waals surface area contributed by atoms with E-state index in [1.165, 1.54) is 6.08 Å². The van der Waals surface area contributed by atoms with Crippen molar-refractivity contribution in [3.63, 3.8) is 0 Å². The van der Waals surface area contributed by atoms with Crippen LogP contribution in [0.4, 0.5) is 0 Å². The van der Waals surface area contributed by atoms with Gasteiger partial charge in [-0.3, -0.25) is 4.79 Å². The lowest BCUT2D eigenvalue weighted by Gasteiger charge is -2.02. The predicted molar refractivity (Wildman–Crippen MR) is 88.1 cm³/mol. The second-order valence-electron chi connectivity index (χ2n) is 4.93. The Kier molecular flexibility index (Phi) is 4.43. The van der Waals surface area contributed by atoms with E-state index >= 15 is 0 Å². The van der Waals surface area contributed by atoms with Crippen LogP contribution in [0.3, 0.4) is 0 Å². The van der Waals surface area contributed by atoms with Crippen molar-refractivity contribution >= 4 is 11.9 Å². The highest BCUT2D eigenvalue weighted by Crippen LogP contribution is 2.32. The van der Waals surface area contributed by atoms with Crippen LogP contribution >= 0.6 is 0 Å². The number of ether oxygens (including phenoxy) is 3. The molecule has 0 fully saturated rings. The Hall–Kier alpha value is -3.01. The summed E-state index contributed by atoms with van der Waals surface area (Å²) in [6.45, 7) is 4.27. The minimum absolute atomic E-state index is 0.0877. The Morgan fingerprint density at radius 3 is 2.70 bits per heavy atom. The van der Waals surface area contributed by atoms with Crippen LogP contribution in [-0.2, 0) is 0 Å². The number of hydrogen-bond donors (Lipinski definition) is 0. The van der Waals surface area contributed by atoms with Gasteiger partial charge in [0.2, 0.25) is 6.79 Å². The summed E-state index contributed by atoms with van der Waals surface area (Å²) in [5, 5.41) is 0. The molecule has 0 bridgehead atoms. The first kappa shape index (κ1) is 14.9. The van der Waals surface area contributed by atoms with Gasteiger partial charge in [-0.15, -0.1) is 0 Å². The Labute approximate surface area is 134 Å². The summed E-state index contributed by atoms with van der Waals surface area (Å²) in [4.78, 5) is 12.2. The maximum atomic E-state index is 12.2. The van der Waals surface area contributed by atoms with Gasteiger partial charge in [0, 0.05) is 5.56 Å². The monoisotopic (exact) mass is 308 g/mol. The maximum absolute atomic E-state index is 12.2. The van der Waals surface area contributed by atoms with E-state index in [1.807, 2.05) is 24.3 Å². The van der Waals surface area contributed by atoms with E-state index in [1.54, 1.807) is 30.4 Å². The Morgan fingerprint density at radius 2 is 1.91 bits per heavy atom. The molecule has 23 heavy (non-hydrogen) atoms. The van der Waals surface area contributed by atoms with Gasteiger partial charge in [0.05, 0.1) is 0 Å². The molecule has 0 radical (unpaired) electrons. The van der Waals surface area contributed by atoms with E-state index in [9.17, 15) is 4.79 Å². The van der Waals surface area contributed by atoms with Crippen LogP contribution in [0.25, 0.3) is 6.08 Å². The molecule has 0 atom stereocenters. The normalized spacial score (nSPS) is 12.3. The van der Waals surface area contributed by atoms with Crippen molar-refractivity contribution in [1.82, 2.24) is 0 Å². The zero-order valence-electron chi connectivity index (χ0n) is 12.5. The Morgan fingerprint density at radius 1 is 1.13 bits per heavy atom. The average molecular weight is 308 g/mol. The molecule has 0 N–H and O–H groups in total. The zero-order chi connectivity index (χ0) is 16.1. The summed E-state index contributed by atoms with van der Waals surface area (Å²) in [6, 6.07) is 12.7. The molecule has 0 amide bonds. The fourth-order valence-corrected chi connectivity index (χ4v) is 2.15. The third kappa shape index (κ3) is 3.61. The first-order chi connectivity index (χ1) is 11.3.